The number of hydrogen-bond acceptors (Lipinski definition) is 6. The molecule has 41 heavy (non-hydrogen) atoms. The number of nitrogens with zero attached hydrogens (tertiary/aromatic N) is 3. The van der Waals surface area contributed by atoms with E-state index in [2.05, 4.69) is 29.2 Å². The lowest BCUT2D eigenvalue weighted by Gasteiger charge is -2.38. The third-order valence-corrected chi connectivity index (χ3v) is 9.29. The Morgan fingerprint density at radius 1 is 0.878 bits per heavy atom. The van der Waals surface area contributed by atoms with Gasteiger partial charge in [0.1, 0.15) is 17.6 Å². The van der Waals surface area contributed by atoms with Crippen molar-refractivity contribution in [3.63, 3.8) is 0 Å². The molecule has 1 N–H and O–H groups in total. The van der Waals surface area contributed by atoms with E-state index in [9.17, 15) is 19.5 Å². The minimum atomic E-state index is -1.01. The van der Waals surface area contributed by atoms with Gasteiger partial charge in [-0.3, -0.25) is 9.69 Å². The van der Waals surface area contributed by atoms with Crippen LogP contribution in [0.25, 0.3) is 11.1 Å². The molecule has 0 aromatic heterocycles. The summed E-state index contributed by atoms with van der Waals surface area (Å²) in [7, 11) is 0. The van der Waals surface area contributed by atoms with E-state index in [-0.39, 0.29) is 37.1 Å². The first kappa shape index (κ1) is 27.6. The van der Waals surface area contributed by atoms with Gasteiger partial charge in [-0.25, -0.2) is 9.59 Å². The van der Waals surface area contributed by atoms with Gasteiger partial charge in [-0.2, -0.15) is 0 Å². The Kier molecular flexibility index (Phi) is 6.96. The number of ether oxygens (including phenoxy) is 2. The van der Waals surface area contributed by atoms with Gasteiger partial charge in [-0.15, -0.1) is 0 Å². The molecule has 2 aromatic rings. The fourth-order valence-electron chi connectivity index (χ4n) is 7.25. The van der Waals surface area contributed by atoms with Crippen LogP contribution in [-0.2, 0) is 14.3 Å². The van der Waals surface area contributed by atoms with Crippen molar-refractivity contribution in [2.75, 3.05) is 45.9 Å². The zero-order chi connectivity index (χ0) is 28.9. The molecule has 6 rings (SSSR count). The summed E-state index contributed by atoms with van der Waals surface area (Å²) in [6, 6.07) is 16.6. The number of aliphatic carboxylic acids is 1. The third-order valence-electron chi connectivity index (χ3n) is 9.29. The Labute approximate surface area is 241 Å². The van der Waals surface area contributed by atoms with E-state index in [4.69, 9.17) is 9.47 Å². The molecule has 0 bridgehead atoms. The normalized spacial score (nSPS) is 24.6. The second kappa shape index (κ2) is 10.4. The van der Waals surface area contributed by atoms with Crippen molar-refractivity contribution in [2.24, 2.45) is 11.3 Å². The number of carbonyl (C=O) groups is 3. The summed E-state index contributed by atoms with van der Waals surface area (Å²) >= 11 is 0. The lowest BCUT2D eigenvalue weighted by Crippen LogP contribution is -2.49. The first-order chi connectivity index (χ1) is 19.6. The second-order valence-corrected chi connectivity index (χ2v) is 13.0. The quantitative estimate of drug-likeness (QED) is 0.580. The number of fused-ring (bicyclic) bond motifs is 4. The fourth-order valence-corrected chi connectivity index (χ4v) is 7.25. The predicted molar refractivity (Wildman–Crippen MR) is 153 cm³/mol. The summed E-state index contributed by atoms with van der Waals surface area (Å²) in [5.41, 5.74) is 3.09. The van der Waals surface area contributed by atoms with Crippen molar-refractivity contribution in [1.29, 1.82) is 0 Å². The number of carboxylic acids is 1. The van der Waals surface area contributed by atoms with Crippen LogP contribution in [0.5, 0.6) is 0 Å². The highest BCUT2D eigenvalue weighted by atomic mass is 16.6. The average Bonchev–Trinajstić information content (AvgIpc) is 3.59. The highest BCUT2D eigenvalue weighted by Crippen LogP contribution is 2.46. The monoisotopic (exact) mass is 561 g/mol. The van der Waals surface area contributed by atoms with Crippen LogP contribution in [0, 0.1) is 11.3 Å². The summed E-state index contributed by atoms with van der Waals surface area (Å²) in [6.07, 6.45) is 0.810. The molecule has 2 amide bonds. The Morgan fingerprint density at radius 3 is 2.05 bits per heavy atom. The number of hydrogen-bond donors (Lipinski definition) is 1. The van der Waals surface area contributed by atoms with E-state index in [0.717, 1.165) is 24.0 Å². The summed E-state index contributed by atoms with van der Waals surface area (Å²) in [4.78, 5) is 44.0. The zero-order valence-corrected chi connectivity index (χ0v) is 24.0. The van der Waals surface area contributed by atoms with E-state index in [1.54, 1.807) is 9.80 Å². The highest BCUT2D eigenvalue weighted by Gasteiger charge is 2.59. The van der Waals surface area contributed by atoms with Crippen molar-refractivity contribution in [1.82, 2.24) is 14.7 Å². The molecule has 0 spiro atoms. The number of likely N-dealkylation sites (tertiary alicyclic amines) is 3. The van der Waals surface area contributed by atoms with Gasteiger partial charge in [-0.05, 0) is 55.9 Å². The molecule has 218 valence electrons. The molecule has 3 saturated heterocycles. The molecule has 3 aliphatic heterocycles. The standard InChI is InChI=1S/C32H39N3O6/c1-31(2,3)41-30(39)33-14-12-22(13-15-33)34-16-21-17-35(20-32(21,19-34)28(36)37)29(38)40-18-27-25-10-6-4-8-23(25)24-9-5-7-11-26(24)27/h4-11,21-22,27H,12-20H2,1-3H3,(H,36,37)/t21-,32-/m1/s1. The molecule has 1 aliphatic carbocycles. The molecular formula is C32H39N3O6. The van der Waals surface area contributed by atoms with Gasteiger partial charge in [-0.1, -0.05) is 48.5 Å². The maximum atomic E-state index is 13.3. The first-order valence-corrected chi connectivity index (χ1v) is 14.6. The van der Waals surface area contributed by atoms with Crippen LogP contribution in [0.1, 0.15) is 50.7 Å². The van der Waals surface area contributed by atoms with Crippen LogP contribution >= 0.6 is 0 Å². The third kappa shape index (κ3) is 5.05. The van der Waals surface area contributed by atoms with E-state index in [1.807, 2.05) is 45.0 Å². The molecule has 2 aromatic carbocycles. The minimum Gasteiger partial charge on any atom is -0.481 e. The zero-order valence-electron chi connectivity index (χ0n) is 24.0. The van der Waals surface area contributed by atoms with E-state index in [0.29, 0.717) is 32.7 Å². The Hall–Kier alpha value is -3.59. The van der Waals surface area contributed by atoms with Crippen LogP contribution in [-0.4, -0.2) is 95.5 Å². The minimum absolute atomic E-state index is 0.0380. The first-order valence-electron chi connectivity index (χ1n) is 14.6. The smallest absolute Gasteiger partial charge is 0.410 e. The Bertz CT molecular complexity index is 1300. The number of amides is 2. The lowest BCUT2D eigenvalue weighted by atomic mass is 9.81. The lowest BCUT2D eigenvalue weighted by molar-refractivity contribution is -0.148. The predicted octanol–water partition coefficient (Wildman–Crippen LogP) is 4.65. The topological polar surface area (TPSA) is 99.6 Å². The van der Waals surface area contributed by atoms with Gasteiger partial charge in [0.15, 0.2) is 0 Å². The largest absolute Gasteiger partial charge is 0.481 e. The summed E-state index contributed by atoms with van der Waals surface area (Å²) in [6.45, 7) is 8.52. The molecule has 2 atom stereocenters. The molecule has 9 heteroatoms. The Balaban J connectivity index is 1.06. The van der Waals surface area contributed by atoms with Crippen LogP contribution < -0.4 is 0 Å². The maximum Gasteiger partial charge on any atom is 0.410 e. The molecule has 3 fully saturated rings. The van der Waals surface area contributed by atoms with Gasteiger partial charge >= 0.3 is 18.2 Å². The van der Waals surface area contributed by atoms with Crippen molar-refractivity contribution >= 4 is 18.2 Å². The van der Waals surface area contributed by atoms with Crippen molar-refractivity contribution in [2.45, 2.75) is 51.2 Å². The van der Waals surface area contributed by atoms with E-state index in [1.165, 1.54) is 11.1 Å². The highest BCUT2D eigenvalue weighted by molar-refractivity contribution is 5.80. The van der Waals surface area contributed by atoms with Crippen LogP contribution in [0.15, 0.2) is 48.5 Å². The van der Waals surface area contributed by atoms with Gasteiger partial charge in [0.05, 0.1) is 0 Å². The van der Waals surface area contributed by atoms with Crippen molar-refractivity contribution in [3.8, 4) is 11.1 Å². The molecule has 9 nitrogen and oxygen atoms in total. The second-order valence-electron chi connectivity index (χ2n) is 13.0. The van der Waals surface area contributed by atoms with E-state index >= 15 is 0 Å². The Morgan fingerprint density at radius 2 is 1.49 bits per heavy atom. The maximum absolute atomic E-state index is 13.3. The average molecular weight is 562 g/mol. The number of rotatable bonds is 4. The fraction of sp³-hybridized carbons (Fsp3) is 0.531. The number of carbonyl (C=O) groups excluding carboxylic acids is 2. The summed E-state index contributed by atoms with van der Waals surface area (Å²) in [5, 5.41) is 10.4. The summed E-state index contributed by atoms with van der Waals surface area (Å²) in [5.74, 6) is -1.06. The molecule has 3 heterocycles. The van der Waals surface area contributed by atoms with Gasteiger partial charge < -0.3 is 24.4 Å². The van der Waals surface area contributed by atoms with Crippen molar-refractivity contribution in [3.05, 3.63) is 59.7 Å². The van der Waals surface area contributed by atoms with Crippen LogP contribution in [0.4, 0.5) is 9.59 Å². The number of piperidine rings is 1. The van der Waals surface area contributed by atoms with Gasteiger partial charge in [0, 0.05) is 57.1 Å². The van der Waals surface area contributed by atoms with Crippen LogP contribution in [0.3, 0.4) is 0 Å². The molecule has 4 aliphatic rings. The SMILES string of the molecule is CC(C)(C)OC(=O)N1CCC(N2C[C@@H]3CN(C(=O)OCC4c5ccccc5-c5ccccc54)C[C@]3(C(=O)O)C2)CC1. The molecule has 0 unspecified atom stereocenters. The molecule has 0 saturated carbocycles. The van der Waals surface area contributed by atoms with Gasteiger partial charge in [0.25, 0.3) is 0 Å². The van der Waals surface area contributed by atoms with Crippen molar-refractivity contribution < 1.29 is 29.0 Å². The molecular weight excluding hydrogens is 522 g/mol. The summed E-state index contributed by atoms with van der Waals surface area (Å²) < 4.78 is 11.4. The van der Waals surface area contributed by atoms with Crippen LogP contribution in [0.2, 0.25) is 0 Å². The number of carboxylic acid groups (broad SMARTS) is 1. The molecule has 0 radical (unpaired) electrons. The number of benzene rings is 2. The van der Waals surface area contributed by atoms with E-state index < -0.39 is 23.1 Å². The van der Waals surface area contributed by atoms with Gasteiger partial charge in [0.2, 0.25) is 0 Å².